The van der Waals surface area contributed by atoms with Gasteiger partial charge in [0.05, 0.1) is 22.7 Å². The van der Waals surface area contributed by atoms with Gasteiger partial charge < -0.3 is 20.3 Å². The van der Waals surface area contributed by atoms with Crippen LogP contribution >= 0.6 is 34.8 Å². The first-order chi connectivity index (χ1) is 17.6. The van der Waals surface area contributed by atoms with E-state index in [0.717, 1.165) is 11.1 Å². The number of nitrogens with one attached hydrogen (secondary N) is 2. The van der Waals surface area contributed by atoms with E-state index in [1.165, 1.54) is 4.90 Å². The second-order valence-electron chi connectivity index (χ2n) is 8.86. The fourth-order valence-corrected chi connectivity index (χ4v) is 4.37. The molecule has 0 fully saturated rings. The smallest absolute Gasteiger partial charge is 0.260 e. The zero-order valence-corrected chi connectivity index (χ0v) is 22.4. The summed E-state index contributed by atoms with van der Waals surface area (Å²) in [5.74, 6) is -0.526. The lowest BCUT2D eigenvalue weighted by atomic mass is 10.1. The molecule has 0 unspecified atom stereocenters. The number of anilines is 1. The minimum Gasteiger partial charge on any atom is -0.472 e. The molecule has 0 radical (unpaired) electrons. The molecule has 0 aromatic heterocycles. The molecule has 0 bridgehead atoms. The lowest BCUT2D eigenvalue weighted by molar-refractivity contribution is -0.124. The Labute approximate surface area is 229 Å². The van der Waals surface area contributed by atoms with E-state index >= 15 is 0 Å². The van der Waals surface area contributed by atoms with Gasteiger partial charge in [-0.05, 0) is 53.6 Å². The van der Waals surface area contributed by atoms with Crippen molar-refractivity contribution in [3.8, 4) is 5.75 Å². The molecule has 0 saturated carbocycles. The Morgan fingerprint density at radius 2 is 1.78 bits per heavy atom. The second kappa shape index (κ2) is 11.4. The van der Waals surface area contributed by atoms with Gasteiger partial charge in [0.2, 0.25) is 5.91 Å². The number of carbonyl (C=O) groups excluding carboxylic acids is 3. The first-order valence-corrected chi connectivity index (χ1v) is 12.6. The Morgan fingerprint density at radius 1 is 1.00 bits per heavy atom. The molecule has 0 atom stereocenters. The first-order valence-electron chi connectivity index (χ1n) is 11.5. The number of hydrogen-bond acceptors (Lipinski definition) is 4. The number of halogens is 3. The van der Waals surface area contributed by atoms with Gasteiger partial charge in [-0.1, -0.05) is 60.8 Å². The van der Waals surface area contributed by atoms with Crippen molar-refractivity contribution in [3.63, 3.8) is 0 Å². The predicted molar refractivity (Wildman–Crippen MR) is 144 cm³/mol. The van der Waals surface area contributed by atoms with Crippen LogP contribution in [0.3, 0.4) is 0 Å². The maximum absolute atomic E-state index is 13.2. The van der Waals surface area contributed by atoms with Crippen LogP contribution in [0.15, 0.2) is 54.6 Å². The molecule has 0 saturated heterocycles. The van der Waals surface area contributed by atoms with Crippen LogP contribution in [-0.2, 0) is 17.9 Å². The molecule has 3 amide bonds. The van der Waals surface area contributed by atoms with Gasteiger partial charge in [-0.3, -0.25) is 14.4 Å². The summed E-state index contributed by atoms with van der Waals surface area (Å²) >= 11 is 18.5. The lowest BCUT2D eigenvalue weighted by Crippen LogP contribution is -2.38. The fraction of sp³-hybridized carbons (Fsp3) is 0.222. The van der Waals surface area contributed by atoms with E-state index in [4.69, 9.17) is 39.5 Å². The van der Waals surface area contributed by atoms with Gasteiger partial charge in [-0.15, -0.1) is 0 Å². The predicted octanol–water partition coefficient (Wildman–Crippen LogP) is 6.16. The van der Waals surface area contributed by atoms with Gasteiger partial charge in [0.15, 0.2) is 6.73 Å². The molecule has 7 nitrogen and oxygen atoms in total. The van der Waals surface area contributed by atoms with E-state index in [0.29, 0.717) is 27.0 Å². The van der Waals surface area contributed by atoms with Gasteiger partial charge in [-0.25, -0.2) is 0 Å². The summed E-state index contributed by atoms with van der Waals surface area (Å²) in [6.07, 6.45) is 0. The van der Waals surface area contributed by atoms with Crippen LogP contribution in [-0.4, -0.2) is 29.4 Å². The molecule has 3 aromatic rings. The number of amides is 3. The van der Waals surface area contributed by atoms with Crippen molar-refractivity contribution in [2.24, 2.45) is 5.92 Å². The number of hydrogen-bond donors (Lipinski definition) is 2. The van der Waals surface area contributed by atoms with Crippen molar-refractivity contribution in [1.29, 1.82) is 0 Å². The highest BCUT2D eigenvalue weighted by molar-refractivity contribution is 6.35. The maximum atomic E-state index is 13.2. The van der Waals surface area contributed by atoms with Gasteiger partial charge in [-0.2, -0.15) is 0 Å². The SMILES string of the molecule is CC(C)C(=O)NCc1ccc(Cl)c(C(=O)Nc2ccc3c(c2)C(=O)N(Cc2ccc(Cl)cc2Cl)CO3)c1. The Balaban J connectivity index is 1.48. The van der Waals surface area contributed by atoms with Gasteiger partial charge in [0.1, 0.15) is 5.75 Å². The molecular weight excluding hydrogens is 537 g/mol. The van der Waals surface area contributed by atoms with E-state index in [2.05, 4.69) is 10.6 Å². The van der Waals surface area contributed by atoms with Crippen molar-refractivity contribution < 1.29 is 19.1 Å². The van der Waals surface area contributed by atoms with E-state index < -0.39 is 5.91 Å². The Hall–Kier alpha value is -3.26. The third-order valence-electron chi connectivity index (χ3n) is 5.77. The highest BCUT2D eigenvalue weighted by Crippen LogP contribution is 2.31. The summed E-state index contributed by atoms with van der Waals surface area (Å²) in [6, 6.07) is 14.9. The first kappa shape index (κ1) is 26.8. The molecule has 1 heterocycles. The Kier molecular flexibility index (Phi) is 8.27. The average Bonchev–Trinajstić information content (AvgIpc) is 2.86. The van der Waals surface area contributed by atoms with E-state index in [1.807, 2.05) is 0 Å². The molecule has 1 aliphatic rings. The monoisotopic (exact) mass is 559 g/mol. The molecule has 192 valence electrons. The molecule has 37 heavy (non-hydrogen) atoms. The molecule has 3 aromatic carbocycles. The molecule has 4 rings (SSSR count). The molecule has 10 heteroatoms. The van der Waals surface area contributed by atoms with Crippen molar-refractivity contribution in [3.05, 3.63) is 91.9 Å². The molecule has 0 spiro atoms. The number of rotatable bonds is 7. The van der Waals surface area contributed by atoms with Crippen LogP contribution < -0.4 is 15.4 Å². The topological polar surface area (TPSA) is 87.7 Å². The fourth-order valence-electron chi connectivity index (χ4n) is 3.70. The molecular formula is C27H24Cl3N3O4. The largest absolute Gasteiger partial charge is 0.472 e. The zero-order valence-electron chi connectivity index (χ0n) is 20.1. The van der Waals surface area contributed by atoms with Crippen LogP contribution in [0.25, 0.3) is 0 Å². The van der Waals surface area contributed by atoms with Crippen LogP contribution in [0.2, 0.25) is 15.1 Å². The van der Waals surface area contributed by atoms with Crippen LogP contribution in [0.1, 0.15) is 45.7 Å². The minimum absolute atomic E-state index is 0.0617. The summed E-state index contributed by atoms with van der Waals surface area (Å²) < 4.78 is 5.75. The van der Waals surface area contributed by atoms with Crippen LogP contribution in [0.5, 0.6) is 5.75 Å². The lowest BCUT2D eigenvalue weighted by Gasteiger charge is -2.29. The standard InChI is InChI=1S/C27H24Cl3N3O4/c1-15(2)25(34)31-12-16-3-7-22(29)20(9-16)26(35)32-19-6-8-24-21(11-19)27(36)33(14-37-24)13-17-4-5-18(28)10-23(17)30/h3-11,15H,12-14H2,1-2H3,(H,31,34)(H,32,35). The van der Waals surface area contributed by atoms with Gasteiger partial charge >= 0.3 is 0 Å². The normalized spacial score (nSPS) is 12.7. The van der Waals surface area contributed by atoms with E-state index in [-0.39, 0.29) is 48.1 Å². The third kappa shape index (κ3) is 6.36. The summed E-state index contributed by atoms with van der Waals surface area (Å²) in [4.78, 5) is 39.6. The van der Waals surface area contributed by atoms with Crippen molar-refractivity contribution in [2.75, 3.05) is 12.0 Å². The van der Waals surface area contributed by atoms with Crippen molar-refractivity contribution in [2.45, 2.75) is 26.9 Å². The molecule has 0 aliphatic carbocycles. The molecule has 1 aliphatic heterocycles. The third-order valence-corrected chi connectivity index (χ3v) is 6.69. The highest BCUT2D eigenvalue weighted by atomic mass is 35.5. The Bertz CT molecular complexity index is 1380. The van der Waals surface area contributed by atoms with Crippen molar-refractivity contribution in [1.82, 2.24) is 10.2 Å². The summed E-state index contributed by atoms with van der Waals surface area (Å²) in [7, 11) is 0. The maximum Gasteiger partial charge on any atom is 0.260 e. The van der Waals surface area contributed by atoms with Crippen LogP contribution in [0.4, 0.5) is 5.69 Å². The van der Waals surface area contributed by atoms with Crippen molar-refractivity contribution >= 4 is 58.2 Å². The number of ether oxygens (including phenoxy) is 1. The zero-order chi connectivity index (χ0) is 26.7. The van der Waals surface area contributed by atoms with Crippen LogP contribution in [0, 0.1) is 5.92 Å². The van der Waals surface area contributed by atoms with Gasteiger partial charge in [0.25, 0.3) is 11.8 Å². The Morgan fingerprint density at radius 3 is 2.51 bits per heavy atom. The number of carbonyl (C=O) groups is 3. The summed E-state index contributed by atoms with van der Waals surface area (Å²) in [5.41, 5.74) is 2.42. The minimum atomic E-state index is -0.448. The molecule has 2 N–H and O–H groups in total. The van der Waals surface area contributed by atoms with E-state index in [1.54, 1.807) is 68.4 Å². The quantitative estimate of drug-likeness (QED) is 0.362. The highest BCUT2D eigenvalue weighted by Gasteiger charge is 2.27. The van der Waals surface area contributed by atoms with E-state index in [9.17, 15) is 14.4 Å². The number of nitrogens with zero attached hydrogens (tertiary/aromatic N) is 1. The average molecular weight is 561 g/mol. The summed E-state index contributed by atoms with van der Waals surface area (Å²) in [5, 5.41) is 6.83. The van der Waals surface area contributed by atoms with Gasteiger partial charge in [0, 0.05) is 28.2 Å². The second-order valence-corrected chi connectivity index (χ2v) is 10.1. The number of benzene rings is 3. The summed E-state index contributed by atoms with van der Waals surface area (Å²) in [6.45, 7) is 4.17. The number of fused-ring (bicyclic) bond motifs is 1.